The Kier molecular flexibility index (Phi) is 4.76. The predicted octanol–water partition coefficient (Wildman–Crippen LogP) is 1.93. The number of rotatable bonds is 1. The molecule has 0 radical (unpaired) electrons. The van der Waals surface area contributed by atoms with Crippen LogP contribution in [-0.2, 0) is 0 Å². The summed E-state index contributed by atoms with van der Waals surface area (Å²) < 4.78 is 0. The minimum absolute atomic E-state index is 0.0162. The second-order valence-corrected chi connectivity index (χ2v) is 3.48. The number of carbonyl (C=O) groups is 1. The SMILES string of the molecule is CC.Nc1ccc(C(=O)N2CCCC2)nc1. The molecule has 1 aliphatic heterocycles. The lowest BCUT2D eigenvalue weighted by Gasteiger charge is -2.14. The van der Waals surface area contributed by atoms with E-state index in [0.717, 1.165) is 25.9 Å². The van der Waals surface area contributed by atoms with E-state index in [1.807, 2.05) is 18.7 Å². The molecule has 16 heavy (non-hydrogen) atoms. The zero-order valence-corrected chi connectivity index (χ0v) is 9.94. The summed E-state index contributed by atoms with van der Waals surface area (Å²) in [6.07, 6.45) is 3.71. The van der Waals surface area contributed by atoms with E-state index in [2.05, 4.69) is 4.98 Å². The maximum atomic E-state index is 11.8. The summed E-state index contributed by atoms with van der Waals surface area (Å²) in [5.74, 6) is 0.0162. The Morgan fingerprint density at radius 1 is 1.31 bits per heavy atom. The Bertz CT molecular complexity index is 329. The van der Waals surface area contributed by atoms with Crippen molar-refractivity contribution in [3.05, 3.63) is 24.0 Å². The van der Waals surface area contributed by atoms with E-state index in [1.165, 1.54) is 6.20 Å². The van der Waals surface area contributed by atoms with Gasteiger partial charge in [-0.25, -0.2) is 4.98 Å². The van der Waals surface area contributed by atoms with Gasteiger partial charge in [-0.1, -0.05) is 13.8 Å². The van der Waals surface area contributed by atoms with E-state index in [4.69, 9.17) is 5.73 Å². The molecular formula is C12H19N3O. The standard InChI is InChI=1S/C10H13N3O.C2H6/c11-8-3-4-9(12-7-8)10(14)13-5-1-2-6-13;1-2/h3-4,7H,1-2,5-6,11H2;1-2H3. The van der Waals surface area contributed by atoms with Crippen molar-refractivity contribution in [1.82, 2.24) is 9.88 Å². The van der Waals surface area contributed by atoms with E-state index in [0.29, 0.717) is 11.4 Å². The number of likely N-dealkylation sites (tertiary alicyclic amines) is 1. The number of anilines is 1. The van der Waals surface area contributed by atoms with Crippen molar-refractivity contribution in [2.75, 3.05) is 18.8 Å². The van der Waals surface area contributed by atoms with Crippen molar-refractivity contribution in [1.29, 1.82) is 0 Å². The molecule has 0 unspecified atom stereocenters. The summed E-state index contributed by atoms with van der Waals surface area (Å²) in [4.78, 5) is 17.6. The number of nitrogens with two attached hydrogens (primary N) is 1. The van der Waals surface area contributed by atoms with Crippen molar-refractivity contribution in [2.24, 2.45) is 0 Å². The van der Waals surface area contributed by atoms with Gasteiger partial charge in [0, 0.05) is 13.1 Å². The number of carbonyl (C=O) groups excluding carboxylic acids is 1. The van der Waals surface area contributed by atoms with Gasteiger partial charge in [0.15, 0.2) is 0 Å². The third-order valence-electron chi connectivity index (χ3n) is 2.40. The molecule has 1 fully saturated rings. The number of amides is 1. The molecule has 4 nitrogen and oxygen atoms in total. The number of hydrogen-bond donors (Lipinski definition) is 1. The molecule has 4 heteroatoms. The molecule has 1 saturated heterocycles. The van der Waals surface area contributed by atoms with Gasteiger partial charge in [-0.3, -0.25) is 4.79 Å². The average Bonchev–Trinajstić information content (AvgIpc) is 2.85. The fourth-order valence-electron chi connectivity index (χ4n) is 1.61. The summed E-state index contributed by atoms with van der Waals surface area (Å²) in [6.45, 7) is 5.70. The van der Waals surface area contributed by atoms with Gasteiger partial charge in [0.25, 0.3) is 5.91 Å². The Labute approximate surface area is 96.5 Å². The number of nitrogen functional groups attached to an aromatic ring is 1. The molecule has 1 aromatic rings. The first kappa shape index (κ1) is 12.5. The molecule has 0 saturated carbocycles. The maximum Gasteiger partial charge on any atom is 0.272 e. The van der Waals surface area contributed by atoms with Crippen molar-refractivity contribution in [3.8, 4) is 0 Å². The van der Waals surface area contributed by atoms with Crippen LogP contribution in [0.3, 0.4) is 0 Å². The van der Waals surface area contributed by atoms with Crippen molar-refractivity contribution in [2.45, 2.75) is 26.7 Å². The minimum atomic E-state index is 0.0162. The van der Waals surface area contributed by atoms with Crippen LogP contribution in [-0.4, -0.2) is 28.9 Å². The van der Waals surface area contributed by atoms with Crippen molar-refractivity contribution in [3.63, 3.8) is 0 Å². The van der Waals surface area contributed by atoms with Crippen LogP contribution >= 0.6 is 0 Å². The zero-order valence-electron chi connectivity index (χ0n) is 9.94. The lowest BCUT2D eigenvalue weighted by atomic mass is 10.3. The van der Waals surface area contributed by atoms with E-state index in [1.54, 1.807) is 12.1 Å². The molecule has 0 atom stereocenters. The van der Waals surface area contributed by atoms with Crippen LogP contribution in [0.1, 0.15) is 37.2 Å². The molecule has 1 aromatic heterocycles. The molecule has 0 bridgehead atoms. The largest absolute Gasteiger partial charge is 0.397 e. The van der Waals surface area contributed by atoms with Crippen LogP contribution in [0.2, 0.25) is 0 Å². The van der Waals surface area contributed by atoms with E-state index in [9.17, 15) is 4.79 Å². The van der Waals surface area contributed by atoms with E-state index < -0.39 is 0 Å². The first-order valence-corrected chi connectivity index (χ1v) is 5.78. The first-order valence-electron chi connectivity index (χ1n) is 5.78. The monoisotopic (exact) mass is 221 g/mol. The highest BCUT2D eigenvalue weighted by Gasteiger charge is 2.19. The molecule has 0 aromatic carbocycles. The molecule has 2 N–H and O–H groups in total. The highest BCUT2D eigenvalue weighted by molar-refractivity contribution is 5.92. The Hall–Kier alpha value is -1.58. The Balaban J connectivity index is 0.000000606. The second-order valence-electron chi connectivity index (χ2n) is 3.48. The fraction of sp³-hybridized carbons (Fsp3) is 0.500. The number of hydrogen-bond acceptors (Lipinski definition) is 3. The van der Waals surface area contributed by atoms with E-state index >= 15 is 0 Å². The highest BCUT2D eigenvalue weighted by atomic mass is 16.2. The van der Waals surface area contributed by atoms with Crippen LogP contribution in [0.25, 0.3) is 0 Å². The van der Waals surface area contributed by atoms with Gasteiger partial charge in [0.05, 0.1) is 11.9 Å². The van der Waals surface area contributed by atoms with Crippen LogP contribution in [0.5, 0.6) is 0 Å². The third-order valence-corrected chi connectivity index (χ3v) is 2.40. The summed E-state index contributed by atoms with van der Waals surface area (Å²) in [6, 6.07) is 3.38. The quantitative estimate of drug-likeness (QED) is 0.788. The van der Waals surface area contributed by atoms with Gasteiger partial charge in [0.1, 0.15) is 5.69 Å². The third kappa shape index (κ3) is 2.95. The molecule has 0 aliphatic carbocycles. The van der Waals surface area contributed by atoms with E-state index in [-0.39, 0.29) is 5.91 Å². The number of nitrogens with zero attached hydrogens (tertiary/aromatic N) is 2. The number of pyridine rings is 1. The van der Waals surface area contributed by atoms with Gasteiger partial charge >= 0.3 is 0 Å². The van der Waals surface area contributed by atoms with Gasteiger partial charge in [-0.15, -0.1) is 0 Å². The molecule has 2 rings (SSSR count). The fourth-order valence-corrected chi connectivity index (χ4v) is 1.61. The Morgan fingerprint density at radius 2 is 1.94 bits per heavy atom. The van der Waals surface area contributed by atoms with Gasteiger partial charge in [-0.2, -0.15) is 0 Å². The smallest absolute Gasteiger partial charge is 0.272 e. The van der Waals surface area contributed by atoms with Crippen LogP contribution in [0.15, 0.2) is 18.3 Å². The van der Waals surface area contributed by atoms with Gasteiger partial charge < -0.3 is 10.6 Å². The Morgan fingerprint density at radius 3 is 2.44 bits per heavy atom. The molecule has 1 aliphatic rings. The molecule has 88 valence electrons. The van der Waals surface area contributed by atoms with Crippen LogP contribution in [0.4, 0.5) is 5.69 Å². The van der Waals surface area contributed by atoms with Crippen molar-refractivity contribution < 1.29 is 4.79 Å². The van der Waals surface area contributed by atoms with Crippen LogP contribution < -0.4 is 5.73 Å². The summed E-state index contributed by atoms with van der Waals surface area (Å²) >= 11 is 0. The molecule has 0 spiro atoms. The number of aromatic nitrogens is 1. The van der Waals surface area contributed by atoms with Gasteiger partial charge in [-0.05, 0) is 25.0 Å². The minimum Gasteiger partial charge on any atom is -0.397 e. The average molecular weight is 221 g/mol. The molecular weight excluding hydrogens is 202 g/mol. The van der Waals surface area contributed by atoms with Gasteiger partial charge in [0.2, 0.25) is 0 Å². The topological polar surface area (TPSA) is 59.2 Å². The maximum absolute atomic E-state index is 11.8. The highest BCUT2D eigenvalue weighted by Crippen LogP contribution is 2.11. The molecule has 1 amide bonds. The first-order chi connectivity index (χ1) is 7.77. The van der Waals surface area contributed by atoms with Crippen molar-refractivity contribution >= 4 is 11.6 Å². The second kappa shape index (κ2) is 6.10. The lowest BCUT2D eigenvalue weighted by Crippen LogP contribution is -2.28. The summed E-state index contributed by atoms with van der Waals surface area (Å²) in [5.41, 5.74) is 6.57. The normalized spacial score (nSPS) is 14.2. The zero-order chi connectivity index (χ0) is 12.0. The lowest BCUT2D eigenvalue weighted by molar-refractivity contribution is 0.0787. The van der Waals surface area contributed by atoms with Crippen LogP contribution in [0, 0.1) is 0 Å². The summed E-state index contributed by atoms with van der Waals surface area (Å²) in [7, 11) is 0. The summed E-state index contributed by atoms with van der Waals surface area (Å²) in [5, 5.41) is 0. The predicted molar refractivity (Wildman–Crippen MR) is 65.1 cm³/mol. The molecule has 2 heterocycles.